The summed E-state index contributed by atoms with van der Waals surface area (Å²) in [7, 11) is 2.92. The number of carbonyl (C=O) groups excluding carboxylic acids is 2. The second-order valence-corrected chi connectivity index (χ2v) is 6.82. The van der Waals surface area contributed by atoms with Crippen LogP contribution < -0.4 is 10.1 Å². The fraction of sp³-hybridized carbons (Fsp3) is 0.143. The van der Waals surface area contributed by atoms with E-state index >= 15 is 0 Å². The third kappa shape index (κ3) is 4.28. The van der Waals surface area contributed by atoms with Gasteiger partial charge in [0.25, 0.3) is 0 Å². The number of halogens is 1. The molecule has 0 radical (unpaired) electrons. The Kier molecular flexibility index (Phi) is 5.76. The number of hydrogen-bond donors (Lipinski definition) is 1. The zero-order chi connectivity index (χ0) is 19.4. The van der Waals surface area contributed by atoms with Gasteiger partial charge >= 0.3 is 5.97 Å². The highest BCUT2D eigenvalue weighted by Gasteiger charge is 2.14. The number of methoxy groups -OCH3 is 2. The number of carbonyl (C=O) groups is 2. The summed E-state index contributed by atoms with van der Waals surface area (Å²) in [5.74, 6) is 0.0788. The highest BCUT2D eigenvalue weighted by Crippen LogP contribution is 2.30. The third-order valence-corrected chi connectivity index (χ3v) is 4.69. The second kappa shape index (κ2) is 8.22. The summed E-state index contributed by atoms with van der Waals surface area (Å²) in [6.07, 6.45) is 0.168. The number of esters is 1. The molecule has 3 rings (SSSR count). The molecule has 3 aromatic carbocycles. The number of rotatable bonds is 5. The van der Waals surface area contributed by atoms with Crippen LogP contribution in [0.25, 0.3) is 10.8 Å². The highest BCUT2D eigenvalue weighted by molar-refractivity contribution is 9.10. The van der Waals surface area contributed by atoms with Gasteiger partial charge in [-0.15, -0.1) is 0 Å². The average Bonchev–Trinajstić information content (AvgIpc) is 2.68. The van der Waals surface area contributed by atoms with Crippen LogP contribution in [0.15, 0.2) is 59.1 Å². The Morgan fingerprint density at radius 3 is 2.41 bits per heavy atom. The van der Waals surface area contributed by atoms with Crippen LogP contribution in [0.1, 0.15) is 15.9 Å². The molecule has 1 amide bonds. The molecule has 27 heavy (non-hydrogen) atoms. The number of amides is 1. The van der Waals surface area contributed by atoms with E-state index in [1.807, 2.05) is 30.3 Å². The standard InChI is InChI=1S/C21H18BrNO4/c1-26-19-10-5-14-11-15(22)6-9-17(14)18(19)12-20(24)23-16-7-3-13(4-8-16)21(25)27-2/h3-11H,12H2,1-2H3,(H,23,24). The maximum atomic E-state index is 12.6. The SMILES string of the molecule is COC(=O)c1ccc(NC(=O)Cc2c(OC)ccc3cc(Br)ccc23)cc1. The molecule has 0 unspecified atom stereocenters. The number of hydrogen-bond acceptors (Lipinski definition) is 4. The molecule has 0 heterocycles. The van der Waals surface area contributed by atoms with E-state index < -0.39 is 5.97 Å². The summed E-state index contributed by atoms with van der Waals surface area (Å²) >= 11 is 3.47. The van der Waals surface area contributed by atoms with Gasteiger partial charge in [-0.3, -0.25) is 4.79 Å². The molecule has 0 saturated heterocycles. The monoisotopic (exact) mass is 427 g/mol. The summed E-state index contributed by atoms with van der Waals surface area (Å²) in [4.78, 5) is 24.0. The largest absolute Gasteiger partial charge is 0.496 e. The van der Waals surface area contributed by atoms with Gasteiger partial charge in [0, 0.05) is 15.7 Å². The molecule has 3 aromatic rings. The quantitative estimate of drug-likeness (QED) is 0.605. The van der Waals surface area contributed by atoms with E-state index in [1.54, 1.807) is 31.4 Å². The van der Waals surface area contributed by atoms with Gasteiger partial charge < -0.3 is 14.8 Å². The first kappa shape index (κ1) is 18.9. The van der Waals surface area contributed by atoms with Crippen molar-refractivity contribution in [2.24, 2.45) is 0 Å². The summed E-state index contributed by atoms with van der Waals surface area (Å²) in [6.45, 7) is 0. The molecular weight excluding hydrogens is 410 g/mol. The predicted octanol–water partition coefficient (Wildman–Crippen LogP) is 4.58. The molecule has 5 nitrogen and oxygen atoms in total. The van der Waals surface area contributed by atoms with Crippen LogP contribution >= 0.6 is 15.9 Å². The lowest BCUT2D eigenvalue weighted by molar-refractivity contribution is -0.115. The predicted molar refractivity (Wildman–Crippen MR) is 108 cm³/mol. The van der Waals surface area contributed by atoms with Crippen molar-refractivity contribution in [2.45, 2.75) is 6.42 Å². The van der Waals surface area contributed by atoms with Crippen LogP contribution in [-0.4, -0.2) is 26.1 Å². The molecule has 0 spiro atoms. The van der Waals surface area contributed by atoms with Crippen LogP contribution in [0, 0.1) is 0 Å². The number of benzene rings is 3. The Morgan fingerprint density at radius 2 is 1.74 bits per heavy atom. The van der Waals surface area contributed by atoms with Crippen LogP contribution in [0.4, 0.5) is 5.69 Å². The molecule has 1 N–H and O–H groups in total. The van der Waals surface area contributed by atoms with Gasteiger partial charge in [0.1, 0.15) is 5.75 Å². The zero-order valence-corrected chi connectivity index (χ0v) is 16.5. The Labute approximate surface area is 165 Å². The van der Waals surface area contributed by atoms with Gasteiger partial charge in [-0.2, -0.15) is 0 Å². The molecule has 0 atom stereocenters. The van der Waals surface area contributed by atoms with Gasteiger partial charge in [0.2, 0.25) is 5.91 Å². The zero-order valence-electron chi connectivity index (χ0n) is 14.9. The Hall–Kier alpha value is -2.86. The van der Waals surface area contributed by atoms with Gasteiger partial charge in [-0.1, -0.05) is 28.1 Å². The number of nitrogens with one attached hydrogen (secondary N) is 1. The number of fused-ring (bicyclic) bond motifs is 1. The van der Waals surface area contributed by atoms with Crippen molar-refractivity contribution in [2.75, 3.05) is 19.5 Å². The molecule has 0 aliphatic rings. The minimum atomic E-state index is -0.417. The summed E-state index contributed by atoms with van der Waals surface area (Å²) in [5, 5.41) is 4.84. The van der Waals surface area contributed by atoms with E-state index in [0.29, 0.717) is 17.0 Å². The average molecular weight is 428 g/mol. The number of ether oxygens (including phenoxy) is 2. The summed E-state index contributed by atoms with van der Waals surface area (Å²) in [5.41, 5.74) is 1.86. The minimum absolute atomic E-state index is 0.168. The molecular formula is C21H18BrNO4. The Morgan fingerprint density at radius 1 is 1.00 bits per heavy atom. The molecule has 0 fully saturated rings. The smallest absolute Gasteiger partial charge is 0.337 e. The fourth-order valence-corrected chi connectivity index (χ4v) is 3.27. The molecule has 138 valence electrons. The van der Waals surface area contributed by atoms with Crippen molar-refractivity contribution in [3.8, 4) is 5.75 Å². The molecule has 0 bridgehead atoms. The summed E-state index contributed by atoms with van der Waals surface area (Å²) < 4.78 is 11.1. The van der Waals surface area contributed by atoms with Gasteiger partial charge in [-0.05, 0) is 53.2 Å². The second-order valence-electron chi connectivity index (χ2n) is 5.91. The van der Waals surface area contributed by atoms with E-state index in [4.69, 9.17) is 4.74 Å². The normalized spacial score (nSPS) is 10.5. The highest BCUT2D eigenvalue weighted by atomic mass is 79.9. The van der Waals surface area contributed by atoms with Crippen molar-refractivity contribution >= 4 is 44.3 Å². The van der Waals surface area contributed by atoms with E-state index in [-0.39, 0.29) is 12.3 Å². The van der Waals surface area contributed by atoms with Crippen LogP contribution in [0.3, 0.4) is 0 Å². The molecule has 6 heteroatoms. The first-order chi connectivity index (χ1) is 13.0. The van der Waals surface area contributed by atoms with E-state index in [2.05, 4.69) is 26.0 Å². The first-order valence-electron chi connectivity index (χ1n) is 8.25. The molecule has 0 aromatic heterocycles. The Balaban J connectivity index is 1.82. The van der Waals surface area contributed by atoms with Crippen LogP contribution in [0.2, 0.25) is 0 Å². The number of anilines is 1. The van der Waals surface area contributed by atoms with Crippen molar-refractivity contribution < 1.29 is 19.1 Å². The molecule has 0 aliphatic heterocycles. The van der Waals surface area contributed by atoms with Gasteiger partial charge in [-0.25, -0.2) is 4.79 Å². The maximum absolute atomic E-state index is 12.6. The topological polar surface area (TPSA) is 64.6 Å². The van der Waals surface area contributed by atoms with E-state index in [1.165, 1.54) is 7.11 Å². The van der Waals surface area contributed by atoms with Crippen LogP contribution in [0.5, 0.6) is 5.75 Å². The lowest BCUT2D eigenvalue weighted by Crippen LogP contribution is -2.15. The molecule has 0 aliphatic carbocycles. The maximum Gasteiger partial charge on any atom is 0.337 e. The fourth-order valence-electron chi connectivity index (χ4n) is 2.89. The van der Waals surface area contributed by atoms with Crippen molar-refractivity contribution in [1.82, 2.24) is 0 Å². The van der Waals surface area contributed by atoms with Crippen molar-refractivity contribution in [3.63, 3.8) is 0 Å². The van der Waals surface area contributed by atoms with Gasteiger partial charge in [0.05, 0.1) is 26.2 Å². The minimum Gasteiger partial charge on any atom is -0.496 e. The van der Waals surface area contributed by atoms with Crippen molar-refractivity contribution in [3.05, 3.63) is 70.2 Å². The Bertz CT molecular complexity index is 999. The van der Waals surface area contributed by atoms with Crippen LogP contribution in [-0.2, 0) is 16.0 Å². The first-order valence-corrected chi connectivity index (χ1v) is 9.04. The lowest BCUT2D eigenvalue weighted by atomic mass is 10.0. The third-order valence-electron chi connectivity index (χ3n) is 4.20. The summed E-state index contributed by atoms with van der Waals surface area (Å²) in [6, 6.07) is 16.3. The van der Waals surface area contributed by atoms with E-state index in [9.17, 15) is 9.59 Å². The van der Waals surface area contributed by atoms with E-state index in [0.717, 1.165) is 20.8 Å². The lowest BCUT2D eigenvalue weighted by Gasteiger charge is -2.13. The van der Waals surface area contributed by atoms with Gasteiger partial charge in [0.15, 0.2) is 0 Å². The van der Waals surface area contributed by atoms with Crippen molar-refractivity contribution in [1.29, 1.82) is 0 Å². The molecule has 0 saturated carbocycles.